The van der Waals surface area contributed by atoms with Crippen LogP contribution < -0.4 is 5.32 Å². The lowest BCUT2D eigenvalue weighted by atomic mass is 10.0. The molecule has 0 radical (unpaired) electrons. The Bertz CT molecular complexity index is 211. The van der Waals surface area contributed by atoms with Crippen LogP contribution in [0.2, 0.25) is 0 Å². The fourth-order valence-electron chi connectivity index (χ4n) is 1.38. The third kappa shape index (κ3) is 1.78. The van der Waals surface area contributed by atoms with E-state index in [0.717, 1.165) is 5.76 Å². The smallest absolute Gasteiger partial charge is 0.230 e. The van der Waals surface area contributed by atoms with Crippen molar-refractivity contribution in [1.29, 1.82) is 0 Å². The number of amides is 1. The molecule has 3 nitrogen and oxygen atoms in total. The number of ether oxygens (including phenoxy) is 1. The van der Waals surface area contributed by atoms with Gasteiger partial charge in [-0.3, -0.25) is 4.79 Å². The second kappa shape index (κ2) is 3.61. The molecule has 3 heteroatoms. The van der Waals surface area contributed by atoms with Crippen molar-refractivity contribution in [2.24, 2.45) is 5.92 Å². The van der Waals surface area contributed by atoms with E-state index in [9.17, 15) is 4.79 Å². The zero-order chi connectivity index (χ0) is 9.14. The number of hydrogen-bond donors (Lipinski definition) is 1. The predicted molar refractivity (Wildman–Crippen MR) is 46.5 cm³/mol. The summed E-state index contributed by atoms with van der Waals surface area (Å²) in [7, 11) is 0. The quantitative estimate of drug-likeness (QED) is 0.671. The molecule has 12 heavy (non-hydrogen) atoms. The summed E-state index contributed by atoms with van der Waals surface area (Å²) in [6.07, 6.45) is 1.85. The van der Waals surface area contributed by atoms with Gasteiger partial charge in [0.15, 0.2) is 0 Å². The summed E-state index contributed by atoms with van der Waals surface area (Å²) < 4.78 is 5.34. The minimum Gasteiger partial charge on any atom is -0.495 e. The molecule has 1 rings (SSSR count). The molecule has 1 aliphatic rings. The van der Waals surface area contributed by atoms with Gasteiger partial charge in [-0.25, -0.2) is 0 Å². The average molecular weight is 169 g/mol. The van der Waals surface area contributed by atoms with Crippen molar-refractivity contribution in [3.05, 3.63) is 11.8 Å². The Labute approximate surface area is 72.8 Å². The van der Waals surface area contributed by atoms with Crippen LogP contribution in [0.1, 0.15) is 20.8 Å². The molecule has 0 saturated carbocycles. The van der Waals surface area contributed by atoms with Gasteiger partial charge in [0.05, 0.1) is 11.7 Å². The Morgan fingerprint density at radius 2 is 2.42 bits per heavy atom. The topological polar surface area (TPSA) is 38.3 Å². The van der Waals surface area contributed by atoms with Crippen LogP contribution in [-0.2, 0) is 9.53 Å². The van der Waals surface area contributed by atoms with Crippen LogP contribution in [0.25, 0.3) is 0 Å². The summed E-state index contributed by atoms with van der Waals surface area (Å²) in [5, 5.41) is 2.77. The molecule has 0 aromatic carbocycles. The van der Waals surface area contributed by atoms with Crippen molar-refractivity contribution in [3.63, 3.8) is 0 Å². The molecule has 68 valence electrons. The Balaban J connectivity index is 2.57. The lowest BCUT2D eigenvalue weighted by Gasteiger charge is -2.13. The van der Waals surface area contributed by atoms with Crippen molar-refractivity contribution in [3.8, 4) is 0 Å². The molecule has 0 bridgehead atoms. The first-order valence-electron chi connectivity index (χ1n) is 4.28. The fraction of sp³-hybridized carbons (Fsp3) is 0.667. The fourth-order valence-corrected chi connectivity index (χ4v) is 1.38. The Morgan fingerprint density at radius 1 is 1.75 bits per heavy atom. The number of hydrogen-bond acceptors (Lipinski definition) is 2. The maximum Gasteiger partial charge on any atom is 0.230 e. The average Bonchev–Trinajstić information content (AvgIpc) is 2.30. The van der Waals surface area contributed by atoms with Crippen molar-refractivity contribution < 1.29 is 9.53 Å². The number of carbonyl (C=O) groups excluding carboxylic acids is 1. The summed E-state index contributed by atoms with van der Waals surface area (Å²) in [5.74, 6) is 0.797. The molecule has 1 N–H and O–H groups in total. The standard InChI is InChI=1S/C9H15NO2/c1-4-10-9(11)8-5-6(2)12-7(8)3/h5,7-8H,4H2,1-3H3,(H,10,11). The molecular formula is C9H15NO2. The predicted octanol–water partition coefficient (Wildman–Crippen LogP) is 1.06. The summed E-state index contributed by atoms with van der Waals surface area (Å²) in [6, 6.07) is 0. The number of nitrogens with one attached hydrogen (secondary N) is 1. The molecule has 0 spiro atoms. The maximum absolute atomic E-state index is 11.4. The van der Waals surface area contributed by atoms with Crippen LogP contribution in [0.15, 0.2) is 11.8 Å². The summed E-state index contributed by atoms with van der Waals surface area (Å²) in [5.41, 5.74) is 0. The first kappa shape index (κ1) is 9.10. The first-order valence-corrected chi connectivity index (χ1v) is 4.28. The molecule has 2 atom stereocenters. The first-order chi connectivity index (χ1) is 5.65. The Kier molecular flexibility index (Phi) is 2.74. The van der Waals surface area contributed by atoms with Gasteiger partial charge in [-0.15, -0.1) is 0 Å². The SMILES string of the molecule is CCNC(=O)C1C=C(C)OC1C. The van der Waals surface area contributed by atoms with Crippen LogP contribution in [0.5, 0.6) is 0 Å². The van der Waals surface area contributed by atoms with Gasteiger partial charge in [0.25, 0.3) is 0 Å². The molecule has 0 saturated heterocycles. The molecule has 0 aromatic heterocycles. The molecule has 1 aliphatic heterocycles. The lowest BCUT2D eigenvalue weighted by molar-refractivity contribution is -0.125. The largest absolute Gasteiger partial charge is 0.495 e. The highest BCUT2D eigenvalue weighted by atomic mass is 16.5. The monoisotopic (exact) mass is 169 g/mol. The van der Waals surface area contributed by atoms with E-state index in [2.05, 4.69) is 5.32 Å². The Hall–Kier alpha value is -0.990. The molecule has 1 amide bonds. The van der Waals surface area contributed by atoms with E-state index >= 15 is 0 Å². The van der Waals surface area contributed by atoms with E-state index in [0.29, 0.717) is 6.54 Å². The number of rotatable bonds is 2. The van der Waals surface area contributed by atoms with Crippen LogP contribution >= 0.6 is 0 Å². The second-order valence-electron chi connectivity index (χ2n) is 3.02. The summed E-state index contributed by atoms with van der Waals surface area (Å²) in [6.45, 7) is 6.37. The zero-order valence-electron chi connectivity index (χ0n) is 7.76. The van der Waals surface area contributed by atoms with Crippen molar-refractivity contribution >= 4 is 5.91 Å². The lowest BCUT2D eigenvalue weighted by Crippen LogP contribution is -2.33. The second-order valence-corrected chi connectivity index (χ2v) is 3.02. The van der Waals surface area contributed by atoms with Crippen molar-refractivity contribution in [2.75, 3.05) is 6.54 Å². The third-order valence-electron chi connectivity index (χ3n) is 1.95. The van der Waals surface area contributed by atoms with E-state index in [1.54, 1.807) is 0 Å². The zero-order valence-corrected chi connectivity index (χ0v) is 7.76. The molecule has 1 heterocycles. The highest BCUT2D eigenvalue weighted by Gasteiger charge is 2.29. The van der Waals surface area contributed by atoms with Gasteiger partial charge >= 0.3 is 0 Å². The minimum absolute atomic E-state index is 0.0171. The van der Waals surface area contributed by atoms with E-state index in [4.69, 9.17) is 4.74 Å². The van der Waals surface area contributed by atoms with Gasteiger partial charge in [0.2, 0.25) is 5.91 Å². The van der Waals surface area contributed by atoms with Crippen LogP contribution in [0.3, 0.4) is 0 Å². The van der Waals surface area contributed by atoms with Gasteiger partial charge in [0, 0.05) is 6.54 Å². The highest BCUT2D eigenvalue weighted by Crippen LogP contribution is 2.22. The van der Waals surface area contributed by atoms with Gasteiger partial charge < -0.3 is 10.1 Å². The van der Waals surface area contributed by atoms with Crippen LogP contribution in [0.4, 0.5) is 0 Å². The van der Waals surface area contributed by atoms with E-state index in [-0.39, 0.29) is 17.9 Å². The van der Waals surface area contributed by atoms with E-state index in [1.165, 1.54) is 0 Å². The van der Waals surface area contributed by atoms with E-state index in [1.807, 2.05) is 26.8 Å². The van der Waals surface area contributed by atoms with Crippen LogP contribution in [0, 0.1) is 5.92 Å². The summed E-state index contributed by atoms with van der Waals surface area (Å²) >= 11 is 0. The van der Waals surface area contributed by atoms with Gasteiger partial charge in [0.1, 0.15) is 6.10 Å². The van der Waals surface area contributed by atoms with E-state index < -0.39 is 0 Å². The number of carbonyl (C=O) groups is 1. The molecule has 2 unspecified atom stereocenters. The highest BCUT2D eigenvalue weighted by molar-refractivity contribution is 5.81. The van der Waals surface area contributed by atoms with Gasteiger partial charge in [-0.2, -0.15) is 0 Å². The molecular weight excluding hydrogens is 154 g/mol. The van der Waals surface area contributed by atoms with Gasteiger partial charge in [-0.05, 0) is 26.8 Å². The van der Waals surface area contributed by atoms with Crippen molar-refractivity contribution in [2.45, 2.75) is 26.9 Å². The summed E-state index contributed by atoms with van der Waals surface area (Å²) in [4.78, 5) is 11.4. The minimum atomic E-state index is -0.107. The van der Waals surface area contributed by atoms with Crippen LogP contribution in [-0.4, -0.2) is 18.6 Å². The molecule has 0 aromatic rings. The normalized spacial score (nSPS) is 27.8. The number of allylic oxidation sites excluding steroid dienone is 1. The Morgan fingerprint density at radius 3 is 2.83 bits per heavy atom. The van der Waals surface area contributed by atoms with Gasteiger partial charge in [-0.1, -0.05) is 0 Å². The molecule has 0 fully saturated rings. The maximum atomic E-state index is 11.4. The third-order valence-corrected chi connectivity index (χ3v) is 1.95. The molecule has 0 aliphatic carbocycles. The van der Waals surface area contributed by atoms with Crippen molar-refractivity contribution in [1.82, 2.24) is 5.32 Å².